The van der Waals surface area contributed by atoms with Gasteiger partial charge in [0.2, 0.25) is 0 Å². The number of aliphatic hydroxyl groups is 1. The summed E-state index contributed by atoms with van der Waals surface area (Å²) in [6.45, 7) is 6.03. The summed E-state index contributed by atoms with van der Waals surface area (Å²) in [5.74, 6) is -1.56. The highest BCUT2D eigenvalue weighted by atomic mass is 16.6. The number of esters is 1. The Labute approximate surface area is 141 Å². The van der Waals surface area contributed by atoms with E-state index in [4.69, 9.17) is 4.74 Å². The first-order valence-electron chi connectivity index (χ1n) is 9.06. The first-order valence-corrected chi connectivity index (χ1v) is 9.06. The van der Waals surface area contributed by atoms with E-state index < -0.39 is 29.0 Å². The molecule has 1 spiro atoms. The second-order valence-corrected chi connectivity index (χ2v) is 9.22. The molecule has 5 rings (SSSR count). The number of rotatable bonds is 1. The molecule has 2 N–H and O–H groups in total. The van der Waals surface area contributed by atoms with E-state index in [1.165, 1.54) is 5.57 Å². The summed E-state index contributed by atoms with van der Waals surface area (Å²) in [7, 11) is 0. The predicted molar refractivity (Wildman–Crippen MR) is 83.8 cm³/mol. The van der Waals surface area contributed by atoms with Gasteiger partial charge in [0.1, 0.15) is 5.60 Å². The average Bonchev–Trinajstić information content (AvgIpc) is 2.92. The molecule has 5 heteroatoms. The fourth-order valence-corrected chi connectivity index (χ4v) is 7.78. The Kier molecular flexibility index (Phi) is 2.53. The first kappa shape index (κ1) is 14.9. The van der Waals surface area contributed by atoms with Crippen LogP contribution in [0.15, 0.2) is 12.2 Å². The van der Waals surface area contributed by atoms with Gasteiger partial charge in [0.15, 0.2) is 0 Å². The van der Waals surface area contributed by atoms with Gasteiger partial charge in [-0.3, -0.25) is 9.59 Å². The fraction of sp³-hybridized carbons (Fsp3) is 0.789. The Morgan fingerprint density at radius 2 is 2.04 bits per heavy atom. The second-order valence-electron chi connectivity index (χ2n) is 9.22. The second kappa shape index (κ2) is 4.06. The number of hydrogen-bond acceptors (Lipinski definition) is 4. The largest absolute Gasteiger partial charge is 0.481 e. The lowest BCUT2D eigenvalue weighted by molar-refractivity contribution is -0.161. The van der Waals surface area contributed by atoms with Gasteiger partial charge in [-0.15, -0.1) is 0 Å². The third kappa shape index (κ3) is 1.36. The number of allylic oxidation sites excluding steroid dienone is 1. The number of ether oxygens (including phenoxy) is 1. The van der Waals surface area contributed by atoms with Crippen molar-refractivity contribution in [3.8, 4) is 0 Å². The molecule has 0 aromatic heterocycles. The summed E-state index contributed by atoms with van der Waals surface area (Å²) in [5.41, 5.74) is -0.844. The van der Waals surface area contributed by atoms with Gasteiger partial charge >= 0.3 is 11.9 Å². The molecule has 5 nitrogen and oxygen atoms in total. The van der Waals surface area contributed by atoms with Crippen LogP contribution in [0.1, 0.15) is 45.4 Å². The molecule has 24 heavy (non-hydrogen) atoms. The van der Waals surface area contributed by atoms with Crippen molar-refractivity contribution in [3.63, 3.8) is 0 Å². The van der Waals surface area contributed by atoms with E-state index in [0.29, 0.717) is 18.8 Å². The highest BCUT2D eigenvalue weighted by Gasteiger charge is 2.82. The van der Waals surface area contributed by atoms with Crippen molar-refractivity contribution >= 4 is 11.9 Å². The summed E-state index contributed by atoms with van der Waals surface area (Å²) in [5, 5.41) is 20.6. The minimum atomic E-state index is -0.883. The minimum Gasteiger partial charge on any atom is -0.481 e. The predicted octanol–water partition coefficient (Wildman–Crippen LogP) is 2.14. The zero-order valence-electron chi connectivity index (χ0n) is 14.0. The molecule has 0 aromatic carbocycles. The number of carbonyl (C=O) groups excluding carboxylic acids is 1. The van der Waals surface area contributed by atoms with E-state index in [1.54, 1.807) is 0 Å². The third-order valence-electron chi connectivity index (χ3n) is 8.24. The summed E-state index contributed by atoms with van der Waals surface area (Å²) in [4.78, 5) is 25.1. The molecule has 0 amide bonds. The maximum absolute atomic E-state index is 12.7. The van der Waals surface area contributed by atoms with Crippen molar-refractivity contribution < 1.29 is 24.5 Å². The molecule has 130 valence electrons. The van der Waals surface area contributed by atoms with E-state index in [1.807, 2.05) is 6.92 Å². The number of fused-ring (bicyclic) bond motifs is 1. The Balaban J connectivity index is 1.75. The van der Waals surface area contributed by atoms with Crippen LogP contribution in [0.2, 0.25) is 0 Å². The minimum absolute atomic E-state index is 0.0346. The SMILES string of the molecule is C=C1C[C@@]23C[C@@H]1CC[C@@H]2[C@]12C[C@H](O)CC(C)(C(=O)O1)[C@@H]2[C@H]3C(=O)O. The summed E-state index contributed by atoms with van der Waals surface area (Å²) in [6, 6.07) is 0. The lowest BCUT2D eigenvalue weighted by atomic mass is 9.59. The van der Waals surface area contributed by atoms with Crippen LogP contribution >= 0.6 is 0 Å². The van der Waals surface area contributed by atoms with E-state index in [0.717, 1.165) is 25.7 Å². The number of aliphatic hydroxyl groups excluding tert-OH is 1. The van der Waals surface area contributed by atoms with Crippen molar-refractivity contribution in [2.45, 2.75) is 57.2 Å². The smallest absolute Gasteiger partial charge is 0.312 e. The van der Waals surface area contributed by atoms with Gasteiger partial charge in [0, 0.05) is 18.3 Å². The lowest BCUT2D eigenvalue weighted by Crippen LogP contribution is -2.51. The Morgan fingerprint density at radius 3 is 2.75 bits per heavy atom. The number of aliphatic carboxylic acids is 1. The van der Waals surface area contributed by atoms with Crippen LogP contribution in [-0.2, 0) is 14.3 Å². The Bertz CT molecular complexity index is 685. The number of carboxylic acid groups (broad SMARTS) is 1. The first-order chi connectivity index (χ1) is 11.2. The van der Waals surface area contributed by atoms with Crippen LogP contribution in [-0.4, -0.2) is 33.9 Å². The van der Waals surface area contributed by atoms with Crippen LogP contribution in [0.25, 0.3) is 0 Å². The molecule has 4 saturated carbocycles. The molecule has 0 aromatic rings. The van der Waals surface area contributed by atoms with Gasteiger partial charge in [0.05, 0.1) is 17.4 Å². The normalized spacial score (nSPS) is 57.5. The molecule has 4 bridgehead atoms. The maximum Gasteiger partial charge on any atom is 0.312 e. The van der Waals surface area contributed by atoms with Gasteiger partial charge in [-0.25, -0.2) is 0 Å². The molecule has 1 aliphatic heterocycles. The summed E-state index contributed by atoms with van der Waals surface area (Å²) in [6.07, 6.45) is 3.58. The molecule has 1 heterocycles. The zero-order valence-corrected chi connectivity index (χ0v) is 14.0. The molecule has 5 aliphatic rings. The van der Waals surface area contributed by atoms with E-state index in [-0.39, 0.29) is 23.2 Å². The van der Waals surface area contributed by atoms with Crippen LogP contribution in [0, 0.1) is 34.5 Å². The summed E-state index contributed by atoms with van der Waals surface area (Å²) < 4.78 is 6.01. The molecular weight excluding hydrogens is 308 g/mol. The van der Waals surface area contributed by atoms with Gasteiger partial charge < -0.3 is 14.9 Å². The van der Waals surface area contributed by atoms with Gasteiger partial charge in [0.25, 0.3) is 0 Å². The van der Waals surface area contributed by atoms with Crippen LogP contribution in [0.3, 0.4) is 0 Å². The van der Waals surface area contributed by atoms with Crippen LogP contribution in [0.5, 0.6) is 0 Å². The molecule has 5 fully saturated rings. The van der Waals surface area contributed by atoms with Gasteiger partial charge in [-0.2, -0.15) is 0 Å². The fourth-order valence-electron chi connectivity index (χ4n) is 7.78. The quantitative estimate of drug-likeness (QED) is 0.568. The van der Waals surface area contributed by atoms with E-state index in [2.05, 4.69) is 6.58 Å². The average molecular weight is 332 g/mol. The highest BCUT2D eigenvalue weighted by Crippen LogP contribution is 2.77. The molecule has 4 aliphatic carbocycles. The molecule has 0 radical (unpaired) electrons. The number of carboxylic acids is 1. The molecular formula is C19H24O5. The summed E-state index contributed by atoms with van der Waals surface area (Å²) >= 11 is 0. The Hall–Kier alpha value is -1.36. The molecule has 1 unspecified atom stereocenters. The Morgan fingerprint density at radius 1 is 1.29 bits per heavy atom. The highest BCUT2D eigenvalue weighted by molar-refractivity contribution is 5.84. The van der Waals surface area contributed by atoms with Crippen molar-refractivity contribution in [3.05, 3.63) is 12.2 Å². The third-order valence-corrected chi connectivity index (χ3v) is 8.24. The lowest BCUT2D eigenvalue weighted by Gasteiger charge is -2.44. The van der Waals surface area contributed by atoms with Gasteiger partial charge in [-0.05, 0) is 50.4 Å². The van der Waals surface area contributed by atoms with E-state index in [9.17, 15) is 19.8 Å². The standard InChI is InChI=1S/C19H24O5/c1-9-5-18-6-10(9)3-4-12(18)19-8-11(20)7-17(2,16(23)24-19)14(19)13(18)15(21)22/h10-14,20H,1,3-8H2,2H3,(H,21,22)/t10-,11+,12-,13-,14-,17?,18+,19-/m0/s1. The molecule has 1 saturated heterocycles. The van der Waals surface area contributed by atoms with Crippen molar-refractivity contribution in [2.75, 3.05) is 0 Å². The number of hydrogen-bond donors (Lipinski definition) is 2. The van der Waals surface area contributed by atoms with Gasteiger partial charge in [-0.1, -0.05) is 12.2 Å². The number of carbonyl (C=O) groups is 2. The maximum atomic E-state index is 12.7. The topological polar surface area (TPSA) is 83.8 Å². The van der Waals surface area contributed by atoms with Crippen molar-refractivity contribution in [1.29, 1.82) is 0 Å². The van der Waals surface area contributed by atoms with Crippen LogP contribution in [0.4, 0.5) is 0 Å². The van der Waals surface area contributed by atoms with Crippen LogP contribution < -0.4 is 0 Å². The zero-order chi connectivity index (χ0) is 17.1. The van der Waals surface area contributed by atoms with Crippen molar-refractivity contribution in [1.82, 2.24) is 0 Å². The monoisotopic (exact) mass is 332 g/mol. The van der Waals surface area contributed by atoms with Crippen molar-refractivity contribution in [2.24, 2.45) is 34.5 Å². The molecule has 8 atom stereocenters. The van der Waals surface area contributed by atoms with E-state index >= 15 is 0 Å².